The Bertz CT molecular complexity index is 1000. The zero-order chi connectivity index (χ0) is 30.4. The maximum atomic E-state index is 7.50. The topological polar surface area (TPSA) is 135 Å². The van der Waals surface area contributed by atoms with Gasteiger partial charge in [-0.3, -0.25) is 0 Å². The van der Waals surface area contributed by atoms with Crippen LogP contribution in [0.3, 0.4) is 0 Å². The molecule has 0 heterocycles. The molecule has 0 aliphatic heterocycles. The number of rotatable bonds is 9. The molecule has 212 valence electrons. The summed E-state index contributed by atoms with van der Waals surface area (Å²) in [6.45, 7) is 18.0. The molecule has 3 rings (SSSR count). The van der Waals surface area contributed by atoms with Crippen molar-refractivity contribution in [2.24, 2.45) is 0 Å². The normalized spacial score (nSPS) is 8.38. The maximum Gasteiger partial charge on any atom is 0 e. The van der Waals surface area contributed by atoms with Crippen LogP contribution in [0, 0.1) is 26.6 Å². The van der Waals surface area contributed by atoms with Crippen LogP contribution in [0.4, 0.5) is 0 Å². The van der Waals surface area contributed by atoms with Crippen LogP contribution in [-0.4, -0.2) is 42.7 Å². The second-order valence-electron chi connectivity index (χ2n) is 6.37. The molecule has 0 amide bonds. The monoisotopic (exact) mass is 610 g/mol. The maximum absolute atomic E-state index is 7.50. The van der Waals surface area contributed by atoms with Gasteiger partial charge in [0, 0.05) is 25.0 Å². The molecule has 40 heavy (non-hydrogen) atoms. The summed E-state index contributed by atoms with van der Waals surface area (Å²) in [6.07, 6.45) is 0. The average molecular weight is 610 g/mol. The first-order valence-corrected chi connectivity index (χ1v) is 11.7. The Hall–Kier alpha value is -3.63. The first kappa shape index (κ1) is 40.9. The van der Waals surface area contributed by atoms with Crippen LogP contribution < -0.4 is 44.3 Å². The van der Waals surface area contributed by atoms with Gasteiger partial charge in [0.15, 0.2) is 0 Å². The van der Waals surface area contributed by atoms with E-state index in [1.165, 1.54) is 0 Å². The summed E-state index contributed by atoms with van der Waals surface area (Å²) in [5.74, 6) is 4.12. The fraction of sp³-hybridized carbons (Fsp3) is 0.214. The van der Waals surface area contributed by atoms with Crippen LogP contribution in [0.15, 0.2) is 54.6 Å². The molecule has 0 aliphatic rings. The Balaban J connectivity index is -0.00000140. The molecule has 0 fully saturated rings. The zero-order valence-corrected chi connectivity index (χ0v) is 24.6. The van der Waals surface area contributed by atoms with Crippen LogP contribution in [0.5, 0.6) is 34.5 Å². The van der Waals surface area contributed by atoms with E-state index in [0.717, 1.165) is 15.9 Å². The summed E-state index contributed by atoms with van der Waals surface area (Å²) in [5, 5.41) is 2.61. The van der Waals surface area contributed by atoms with E-state index in [-0.39, 0.29) is 17.1 Å². The van der Waals surface area contributed by atoms with Gasteiger partial charge in [-0.2, -0.15) is 0 Å². The third kappa shape index (κ3) is 9.84. The van der Waals surface area contributed by atoms with Crippen LogP contribution in [0.1, 0.15) is 0 Å². The summed E-state index contributed by atoms with van der Waals surface area (Å²) in [5.41, 5.74) is 0. The van der Waals surface area contributed by atoms with E-state index in [9.17, 15) is 0 Å². The van der Waals surface area contributed by atoms with E-state index in [2.05, 4.69) is 26.6 Å². The van der Waals surface area contributed by atoms with E-state index in [1.54, 1.807) is 42.7 Å². The van der Waals surface area contributed by atoms with Crippen LogP contribution >= 0.6 is 7.92 Å². The predicted octanol–water partition coefficient (Wildman–Crippen LogP) is 3.34. The van der Waals surface area contributed by atoms with E-state index in [1.807, 2.05) is 54.6 Å². The summed E-state index contributed by atoms with van der Waals surface area (Å²) in [6, 6.07) is 17.2. The van der Waals surface area contributed by atoms with E-state index < -0.39 is 7.92 Å². The number of hydrogen-bond acceptors (Lipinski definition) is 6. The third-order valence-corrected chi connectivity index (χ3v) is 7.54. The Morgan fingerprint density at radius 3 is 0.675 bits per heavy atom. The van der Waals surface area contributed by atoms with Crippen LogP contribution in [0.25, 0.3) is 0 Å². The van der Waals surface area contributed by atoms with Crippen LogP contribution in [0.2, 0.25) is 0 Å². The van der Waals surface area contributed by atoms with Gasteiger partial charge >= 0.3 is 45.2 Å². The van der Waals surface area contributed by atoms with Gasteiger partial charge in [-0.1, -0.05) is 18.2 Å². The minimum absolute atomic E-state index is 0. The molecule has 10 nitrogen and oxygen atoms in total. The van der Waals surface area contributed by atoms with Crippen molar-refractivity contribution in [2.45, 2.75) is 0 Å². The van der Waals surface area contributed by atoms with E-state index in [4.69, 9.17) is 47.0 Å². The summed E-state index contributed by atoms with van der Waals surface area (Å²) in [4.78, 5) is 0. The number of benzene rings is 3. The van der Waals surface area contributed by atoms with E-state index >= 15 is 0 Å². The van der Waals surface area contributed by atoms with E-state index in [0.29, 0.717) is 34.5 Å². The molecular weight excluding hydrogens is 583 g/mol. The molecule has 0 saturated carbocycles. The predicted molar refractivity (Wildman–Crippen MR) is 140 cm³/mol. The Kier molecular flexibility index (Phi) is 24.9. The number of methoxy groups -OCH3 is 6. The molecule has 0 N–H and O–H groups in total. The summed E-state index contributed by atoms with van der Waals surface area (Å²) >= 11 is 0. The van der Waals surface area contributed by atoms with Crippen molar-refractivity contribution >= 4 is 23.8 Å². The summed E-state index contributed by atoms with van der Waals surface area (Å²) in [7, 11) is 8.51. The van der Waals surface area contributed by atoms with Gasteiger partial charge in [0.2, 0.25) is 0 Å². The smallest absolute Gasteiger partial charge is 0 e. The van der Waals surface area contributed by atoms with Gasteiger partial charge in [0.1, 0.15) is 34.5 Å². The molecule has 3 aromatic carbocycles. The number of hydrogen-bond donors (Lipinski definition) is 0. The second kappa shape index (κ2) is 24.4. The molecule has 0 aliphatic carbocycles. The molecule has 3 aromatic rings. The Morgan fingerprint density at radius 1 is 0.400 bits per heavy atom. The van der Waals surface area contributed by atoms with Crippen molar-refractivity contribution in [3.05, 3.63) is 81.2 Å². The fourth-order valence-electron chi connectivity index (χ4n) is 3.49. The molecule has 0 unspecified atom stereocenters. The minimum atomic E-state index is -1.36. The standard InChI is InChI=1S/C24H27O6P.4CO.Fe/c1-25-16-10-7-11-17(26-2)22(16)31(23-18(27-3)12-8-13-19(23)28-4)24-20(29-5)14-9-15-21(24)30-6;4*1-2;/h7-15H,1-6H3;;;;;. The molecular formula is C28H27FeO10P. The Labute approximate surface area is 246 Å². The van der Waals surface area contributed by atoms with Gasteiger partial charge in [0.05, 0.1) is 58.6 Å². The van der Waals surface area contributed by atoms with Crippen molar-refractivity contribution in [3.8, 4) is 34.5 Å². The number of ether oxygens (including phenoxy) is 6. The average Bonchev–Trinajstić information content (AvgIpc) is 3.04. The van der Waals surface area contributed by atoms with Crippen molar-refractivity contribution in [1.29, 1.82) is 0 Å². The summed E-state index contributed by atoms with van der Waals surface area (Å²) < 4.78 is 64.7. The largest absolute Gasteiger partial charge is 0 e. The first-order chi connectivity index (χ1) is 19.1. The molecule has 0 aromatic heterocycles. The van der Waals surface area contributed by atoms with Crippen molar-refractivity contribution < 1.29 is 64.1 Å². The zero-order valence-electron chi connectivity index (χ0n) is 22.6. The molecule has 12 heteroatoms. The van der Waals surface area contributed by atoms with Gasteiger partial charge in [-0.25, -0.2) is 0 Å². The molecule has 0 spiro atoms. The van der Waals surface area contributed by atoms with Gasteiger partial charge < -0.3 is 28.4 Å². The molecule has 0 saturated heterocycles. The molecule has 0 atom stereocenters. The van der Waals surface area contributed by atoms with Gasteiger partial charge in [-0.05, 0) is 36.4 Å². The van der Waals surface area contributed by atoms with Crippen molar-refractivity contribution in [2.75, 3.05) is 42.7 Å². The van der Waals surface area contributed by atoms with Crippen molar-refractivity contribution in [3.63, 3.8) is 0 Å². The molecule has 0 radical (unpaired) electrons. The van der Waals surface area contributed by atoms with Gasteiger partial charge in [0.25, 0.3) is 0 Å². The quantitative estimate of drug-likeness (QED) is 0.158. The minimum Gasteiger partial charge on any atom is 0 e. The fourth-order valence-corrected chi connectivity index (χ4v) is 6.48. The second-order valence-corrected chi connectivity index (χ2v) is 8.38. The third-order valence-electron chi connectivity index (χ3n) is 4.88. The van der Waals surface area contributed by atoms with Crippen molar-refractivity contribution in [1.82, 2.24) is 0 Å². The first-order valence-electron chi connectivity index (χ1n) is 10.4. The van der Waals surface area contributed by atoms with Gasteiger partial charge in [-0.15, -0.1) is 0 Å². The molecule has 0 bridgehead atoms. The Morgan fingerprint density at radius 2 is 0.550 bits per heavy atom. The van der Waals surface area contributed by atoms with Crippen LogP contribution in [-0.2, 0) is 35.7 Å². The SMILES string of the molecule is COc1cccc(OC)c1P(c1c(OC)cccc1OC)c1c(OC)cccc1OC.[C-]#[O+].[C-]#[O+].[C-]#[O+].[C-]#[O+].[Fe].